The third kappa shape index (κ3) is 3.11. The van der Waals surface area contributed by atoms with E-state index in [1.54, 1.807) is 43.5 Å². The number of rotatable bonds is 3. The predicted octanol–water partition coefficient (Wildman–Crippen LogP) is 4.59. The van der Waals surface area contributed by atoms with Crippen LogP contribution >= 0.6 is 23.4 Å². The number of hydrogen-bond acceptors (Lipinski definition) is 4. The molecule has 2 aromatic rings. The molecule has 0 radical (unpaired) electrons. The van der Waals surface area contributed by atoms with Crippen molar-refractivity contribution in [1.82, 2.24) is 0 Å². The van der Waals surface area contributed by atoms with Gasteiger partial charge in [0.15, 0.2) is 0 Å². The fourth-order valence-electron chi connectivity index (χ4n) is 2.21. The molecule has 2 amide bonds. The summed E-state index contributed by atoms with van der Waals surface area (Å²) in [5.41, 5.74) is 1.25. The summed E-state index contributed by atoms with van der Waals surface area (Å²) in [6.07, 6.45) is 1.67. The minimum Gasteiger partial charge on any atom is -0.496 e. The Morgan fingerprint density at radius 3 is 2.48 bits per heavy atom. The number of ether oxygens (including phenoxy) is 1. The lowest BCUT2D eigenvalue weighted by atomic mass is 10.2. The highest BCUT2D eigenvalue weighted by Crippen LogP contribution is 2.37. The Hall–Kier alpha value is -2.24. The molecule has 0 bridgehead atoms. The largest absolute Gasteiger partial charge is 0.496 e. The number of carbonyl (C=O) groups is 2. The first-order chi connectivity index (χ1) is 11.1. The van der Waals surface area contributed by atoms with Crippen LogP contribution in [0.25, 0.3) is 6.08 Å². The van der Waals surface area contributed by atoms with Gasteiger partial charge in [0.1, 0.15) is 5.75 Å². The maximum Gasteiger partial charge on any atom is 0.298 e. The Kier molecular flexibility index (Phi) is 4.41. The molecule has 0 spiro atoms. The third-order valence-corrected chi connectivity index (χ3v) is 4.43. The molecule has 0 atom stereocenters. The molecule has 0 N–H and O–H groups in total. The quantitative estimate of drug-likeness (QED) is 0.763. The Balaban J connectivity index is 1.95. The first kappa shape index (κ1) is 15.6. The zero-order chi connectivity index (χ0) is 16.4. The smallest absolute Gasteiger partial charge is 0.298 e. The van der Waals surface area contributed by atoms with Gasteiger partial charge in [0, 0.05) is 10.6 Å². The van der Waals surface area contributed by atoms with Crippen LogP contribution in [-0.4, -0.2) is 18.3 Å². The molecule has 1 aliphatic rings. The number of methoxy groups -OCH3 is 1. The number of anilines is 1. The van der Waals surface area contributed by atoms with Crippen LogP contribution in [0.15, 0.2) is 53.4 Å². The van der Waals surface area contributed by atoms with Gasteiger partial charge in [-0.25, -0.2) is 4.90 Å². The van der Waals surface area contributed by atoms with Crippen molar-refractivity contribution < 1.29 is 14.3 Å². The number of nitrogens with zero attached hydrogens (tertiary/aromatic N) is 1. The molecule has 0 unspecified atom stereocenters. The van der Waals surface area contributed by atoms with E-state index < -0.39 is 0 Å². The van der Waals surface area contributed by atoms with E-state index in [4.69, 9.17) is 16.3 Å². The summed E-state index contributed by atoms with van der Waals surface area (Å²) in [6.45, 7) is 0. The van der Waals surface area contributed by atoms with Gasteiger partial charge in [0.2, 0.25) is 0 Å². The van der Waals surface area contributed by atoms with Gasteiger partial charge in [-0.2, -0.15) is 0 Å². The zero-order valence-corrected chi connectivity index (χ0v) is 13.7. The zero-order valence-electron chi connectivity index (χ0n) is 12.2. The molecule has 0 aromatic heterocycles. The minimum atomic E-state index is -0.353. The number of thioether (sulfide) groups is 1. The van der Waals surface area contributed by atoms with Gasteiger partial charge in [-0.05, 0) is 48.2 Å². The third-order valence-electron chi connectivity index (χ3n) is 3.30. The van der Waals surface area contributed by atoms with Gasteiger partial charge in [-0.1, -0.05) is 29.8 Å². The van der Waals surface area contributed by atoms with Crippen molar-refractivity contribution in [1.29, 1.82) is 0 Å². The van der Waals surface area contributed by atoms with Gasteiger partial charge in [-0.3, -0.25) is 9.59 Å². The summed E-state index contributed by atoms with van der Waals surface area (Å²) in [4.78, 5) is 26.2. The summed E-state index contributed by atoms with van der Waals surface area (Å²) < 4.78 is 5.26. The van der Waals surface area contributed by atoms with Crippen LogP contribution in [0.4, 0.5) is 10.5 Å². The second-order valence-electron chi connectivity index (χ2n) is 4.74. The van der Waals surface area contributed by atoms with E-state index >= 15 is 0 Å². The van der Waals surface area contributed by atoms with Crippen LogP contribution in [-0.2, 0) is 4.79 Å². The molecule has 116 valence electrons. The monoisotopic (exact) mass is 345 g/mol. The molecule has 2 aromatic carbocycles. The lowest BCUT2D eigenvalue weighted by Gasteiger charge is -2.12. The molecule has 1 saturated heterocycles. The van der Waals surface area contributed by atoms with Gasteiger partial charge in [0.25, 0.3) is 11.1 Å². The van der Waals surface area contributed by atoms with E-state index in [2.05, 4.69) is 0 Å². The SMILES string of the molecule is COc1ccccc1/C=C1\SC(=O)N(c2ccc(Cl)cc2)C1=O. The molecule has 1 aliphatic heterocycles. The number of benzene rings is 2. The molecular weight excluding hydrogens is 334 g/mol. The van der Waals surface area contributed by atoms with Gasteiger partial charge < -0.3 is 4.74 Å². The molecular formula is C17H12ClNO3S. The van der Waals surface area contributed by atoms with Crippen molar-refractivity contribution in [3.05, 3.63) is 64.0 Å². The fourth-order valence-corrected chi connectivity index (χ4v) is 3.17. The maximum atomic E-state index is 12.5. The number of halogens is 1. The molecule has 3 rings (SSSR count). The second kappa shape index (κ2) is 6.48. The number of carbonyl (C=O) groups excluding carboxylic acids is 2. The Morgan fingerprint density at radius 1 is 1.09 bits per heavy atom. The predicted molar refractivity (Wildman–Crippen MR) is 92.9 cm³/mol. The van der Waals surface area contributed by atoms with E-state index in [1.165, 1.54) is 0 Å². The lowest BCUT2D eigenvalue weighted by molar-refractivity contribution is -0.113. The Morgan fingerprint density at radius 2 is 1.78 bits per heavy atom. The molecule has 1 heterocycles. The van der Waals surface area contributed by atoms with Crippen LogP contribution < -0.4 is 9.64 Å². The van der Waals surface area contributed by atoms with E-state index in [-0.39, 0.29) is 11.1 Å². The molecule has 6 heteroatoms. The molecule has 0 saturated carbocycles. The standard InChI is InChI=1S/C17H12ClNO3S/c1-22-14-5-3-2-4-11(14)10-15-16(20)19(17(21)23-15)13-8-6-12(18)7-9-13/h2-10H,1H3/b15-10-. The van der Waals surface area contributed by atoms with Crippen molar-refractivity contribution in [3.63, 3.8) is 0 Å². The first-order valence-electron chi connectivity index (χ1n) is 6.76. The first-order valence-corrected chi connectivity index (χ1v) is 7.96. The fraction of sp³-hybridized carbons (Fsp3) is 0.0588. The van der Waals surface area contributed by atoms with Gasteiger partial charge in [-0.15, -0.1) is 0 Å². The van der Waals surface area contributed by atoms with Crippen LogP contribution in [0, 0.1) is 0 Å². The maximum absolute atomic E-state index is 12.5. The lowest BCUT2D eigenvalue weighted by Crippen LogP contribution is -2.27. The highest BCUT2D eigenvalue weighted by Gasteiger charge is 2.36. The van der Waals surface area contributed by atoms with Crippen LogP contribution in [0.3, 0.4) is 0 Å². The minimum absolute atomic E-state index is 0.335. The Bertz CT molecular complexity index is 802. The number of amides is 2. The van der Waals surface area contributed by atoms with Crippen molar-refractivity contribution in [2.24, 2.45) is 0 Å². The van der Waals surface area contributed by atoms with Crippen LogP contribution in [0.2, 0.25) is 5.02 Å². The van der Waals surface area contributed by atoms with E-state index in [9.17, 15) is 9.59 Å². The topological polar surface area (TPSA) is 46.6 Å². The molecule has 4 nitrogen and oxygen atoms in total. The highest BCUT2D eigenvalue weighted by atomic mass is 35.5. The van der Waals surface area contributed by atoms with Crippen molar-refractivity contribution in [2.75, 3.05) is 12.0 Å². The second-order valence-corrected chi connectivity index (χ2v) is 6.17. The normalized spacial score (nSPS) is 16.3. The van der Waals surface area contributed by atoms with Crippen molar-refractivity contribution in [3.8, 4) is 5.75 Å². The van der Waals surface area contributed by atoms with E-state index in [1.807, 2.05) is 18.2 Å². The molecule has 1 fully saturated rings. The van der Waals surface area contributed by atoms with Gasteiger partial charge >= 0.3 is 0 Å². The average Bonchev–Trinajstić information content (AvgIpc) is 2.83. The van der Waals surface area contributed by atoms with Crippen molar-refractivity contribution >= 4 is 46.3 Å². The van der Waals surface area contributed by atoms with E-state index in [0.29, 0.717) is 21.4 Å². The molecule has 0 aliphatic carbocycles. The Labute approximate surface area is 142 Å². The number of para-hydroxylation sites is 1. The number of imide groups is 1. The van der Waals surface area contributed by atoms with Crippen LogP contribution in [0.5, 0.6) is 5.75 Å². The van der Waals surface area contributed by atoms with E-state index in [0.717, 1.165) is 22.2 Å². The molecule has 23 heavy (non-hydrogen) atoms. The van der Waals surface area contributed by atoms with Crippen molar-refractivity contribution in [2.45, 2.75) is 0 Å². The summed E-state index contributed by atoms with van der Waals surface area (Å²) in [7, 11) is 1.56. The summed E-state index contributed by atoms with van der Waals surface area (Å²) in [5, 5.41) is 0.212. The highest BCUT2D eigenvalue weighted by molar-refractivity contribution is 8.19. The average molecular weight is 346 g/mol. The number of hydrogen-bond donors (Lipinski definition) is 0. The van der Waals surface area contributed by atoms with Gasteiger partial charge in [0.05, 0.1) is 17.7 Å². The summed E-state index contributed by atoms with van der Waals surface area (Å²) in [5.74, 6) is 0.291. The van der Waals surface area contributed by atoms with Crippen LogP contribution in [0.1, 0.15) is 5.56 Å². The summed E-state index contributed by atoms with van der Waals surface area (Å²) in [6, 6.07) is 13.9. The summed E-state index contributed by atoms with van der Waals surface area (Å²) >= 11 is 6.75.